The smallest absolute Gasteiger partial charge is 0.269 e. The second kappa shape index (κ2) is 5.30. The Bertz CT molecular complexity index is 604. The number of carbonyl (C=O) groups excluding carboxylic acids is 1. The Morgan fingerprint density at radius 1 is 1.42 bits per heavy atom. The van der Waals surface area contributed by atoms with Crippen LogP contribution < -0.4 is 5.32 Å². The Morgan fingerprint density at radius 2 is 2.11 bits per heavy atom. The summed E-state index contributed by atoms with van der Waals surface area (Å²) in [7, 11) is 1.56. The van der Waals surface area contributed by atoms with Crippen LogP contribution in [-0.4, -0.2) is 27.4 Å². The molecule has 1 aromatic carbocycles. The third kappa shape index (κ3) is 2.76. The second-order valence-corrected chi connectivity index (χ2v) is 3.86. The minimum absolute atomic E-state index is 0.0214. The molecule has 0 saturated carbocycles. The van der Waals surface area contributed by atoms with Crippen molar-refractivity contribution >= 4 is 11.6 Å². The Morgan fingerprint density at radius 3 is 2.68 bits per heavy atom. The van der Waals surface area contributed by atoms with Crippen molar-refractivity contribution in [1.29, 1.82) is 0 Å². The van der Waals surface area contributed by atoms with Gasteiger partial charge in [0.2, 0.25) is 5.91 Å². The van der Waals surface area contributed by atoms with Crippen molar-refractivity contribution in [3.63, 3.8) is 0 Å². The van der Waals surface area contributed by atoms with E-state index in [1.807, 2.05) is 0 Å². The first-order valence-corrected chi connectivity index (χ1v) is 5.58. The van der Waals surface area contributed by atoms with Gasteiger partial charge < -0.3 is 9.88 Å². The number of nitro groups is 1. The summed E-state index contributed by atoms with van der Waals surface area (Å²) in [6.45, 7) is 0.156. The van der Waals surface area contributed by atoms with Crippen LogP contribution in [0.3, 0.4) is 0 Å². The Hall–Kier alpha value is -2.70. The second-order valence-electron chi connectivity index (χ2n) is 3.86. The van der Waals surface area contributed by atoms with Gasteiger partial charge in [0, 0.05) is 37.1 Å². The van der Waals surface area contributed by atoms with Gasteiger partial charge in [-0.15, -0.1) is 0 Å². The van der Waals surface area contributed by atoms with E-state index >= 15 is 0 Å². The topological polar surface area (TPSA) is 90.1 Å². The molecule has 2 aromatic rings. The van der Waals surface area contributed by atoms with Gasteiger partial charge in [-0.3, -0.25) is 14.9 Å². The van der Waals surface area contributed by atoms with Crippen LogP contribution >= 0.6 is 0 Å². The van der Waals surface area contributed by atoms with Crippen molar-refractivity contribution in [2.45, 2.75) is 6.54 Å². The molecule has 19 heavy (non-hydrogen) atoms. The van der Waals surface area contributed by atoms with Gasteiger partial charge in [0.25, 0.3) is 5.69 Å². The monoisotopic (exact) mass is 260 g/mol. The third-order valence-corrected chi connectivity index (χ3v) is 2.64. The van der Waals surface area contributed by atoms with Crippen molar-refractivity contribution in [2.75, 3.05) is 7.05 Å². The molecule has 0 spiro atoms. The fourth-order valence-corrected chi connectivity index (χ4v) is 1.66. The van der Waals surface area contributed by atoms with Gasteiger partial charge >= 0.3 is 0 Å². The van der Waals surface area contributed by atoms with Gasteiger partial charge in [0.1, 0.15) is 12.4 Å². The molecule has 98 valence electrons. The number of benzene rings is 1. The molecular formula is C12H12N4O3. The first-order chi connectivity index (χ1) is 9.11. The Kier molecular flexibility index (Phi) is 3.56. The van der Waals surface area contributed by atoms with Gasteiger partial charge in [-0.25, -0.2) is 4.98 Å². The summed E-state index contributed by atoms with van der Waals surface area (Å²) in [5.41, 5.74) is 0.743. The molecule has 0 bridgehead atoms. The van der Waals surface area contributed by atoms with Crippen LogP contribution in [0.15, 0.2) is 36.7 Å². The summed E-state index contributed by atoms with van der Waals surface area (Å²) < 4.78 is 1.68. The van der Waals surface area contributed by atoms with E-state index in [1.54, 1.807) is 36.1 Å². The lowest BCUT2D eigenvalue weighted by Gasteiger charge is -2.06. The number of non-ortho nitro benzene ring substituents is 1. The molecule has 2 rings (SSSR count). The molecule has 7 heteroatoms. The zero-order chi connectivity index (χ0) is 13.8. The van der Waals surface area contributed by atoms with Crippen molar-refractivity contribution in [1.82, 2.24) is 14.9 Å². The standard InChI is InChI=1S/C12H12N4O3/c1-13-11(17)8-15-7-6-14-12(15)9-2-4-10(5-3-9)16(18)19/h2-7H,8H2,1H3,(H,13,17). The predicted molar refractivity (Wildman–Crippen MR) is 68.4 cm³/mol. The number of hydrogen-bond donors (Lipinski definition) is 1. The van der Waals surface area contributed by atoms with Crippen molar-refractivity contribution in [3.8, 4) is 11.4 Å². The molecule has 0 saturated heterocycles. The third-order valence-electron chi connectivity index (χ3n) is 2.64. The van der Waals surface area contributed by atoms with Gasteiger partial charge in [-0.1, -0.05) is 0 Å². The molecule has 7 nitrogen and oxygen atoms in total. The van der Waals surface area contributed by atoms with Crippen molar-refractivity contribution < 1.29 is 9.72 Å². The van der Waals surface area contributed by atoms with Crippen LogP contribution in [0.1, 0.15) is 0 Å². The van der Waals surface area contributed by atoms with Gasteiger partial charge in [0.15, 0.2) is 0 Å². The molecular weight excluding hydrogens is 248 g/mol. The lowest BCUT2D eigenvalue weighted by Crippen LogP contribution is -2.23. The fraction of sp³-hybridized carbons (Fsp3) is 0.167. The van der Waals surface area contributed by atoms with Crippen LogP contribution in [0.4, 0.5) is 5.69 Å². The highest BCUT2D eigenvalue weighted by Gasteiger charge is 2.10. The van der Waals surface area contributed by atoms with E-state index in [4.69, 9.17) is 0 Å². The molecule has 0 radical (unpaired) electrons. The van der Waals surface area contributed by atoms with E-state index in [9.17, 15) is 14.9 Å². The molecule has 1 amide bonds. The first-order valence-electron chi connectivity index (χ1n) is 5.58. The highest BCUT2D eigenvalue weighted by atomic mass is 16.6. The molecule has 0 fully saturated rings. The molecule has 0 unspecified atom stereocenters. The molecule has 1 heterocycles. The quantitative estimate of drug-likeness (QED) is 0.660. The number of nitrogens with one attached hydrogen (secondary N) is 1. The summed E-state index contributed by atoms with van der Waals surface area (Å²) in [6.07, 6.45) is 3.27. The van der Waals surface area contributed by atoms with E-state index in [0.717, 1.165) is 5.56 Å². The average Bonchev–Trinajstić information content (AvgIpc) is 2.86. The van der Waals surface area contributed by atoms with Crippen LogP contribution in [0.5, 0.6) is 0 Å². The number of likely N-dealkylation sites (N-methyl/N-ethyl adjacent to an activating group) is 1. The maximum Gasteiger partial charge on any atom is 0.269 e. The molecule has 0 aliphatic carbocycles. The van der Waals surface area contributed by atoms with Gasteiger partial charge in [0.05, 0.1) is 4.92 Å². The van der Waals surface area contributed by atoms with Gasteiger partial charge in [-0.05, 0) is 12.1 Å². The molecule has 1 N–H and O–H groups in total. The number of imidazole rings is 1. The first kappa shape index (κ1) is 12.7. The molecule has 1 aromatic heterocycles. The maximum atomic E-state index is 11.4. The number of rotatable bonds is 4. The predicted octanol–water partition coefficient (Wildman–Crippen LogP) is 1.20. The number of amides is 1. The molecule has 0 atom stereocenters. The SMILES string of the molecule is CNC(=O)Cn1ccnc1-c1ccc([N+](=O)[O-])cc1. The molecule has 0 aliphatic rings. The van der Waals surface area contributed by atoms with Crippen LogP contribution in [-0.2, 0) is 11.3 Å². The Balaban J connectivity index is 2.29. The number of nitrogens with zero attached hydrogens (tertiary/aromatic N) is 3. The lowest BCUT2D eigenvalue weighted by molar-refractivity contribution is -0.384. The van der Waals surface area contributed by atoms with Crippen molar-refractivity contribution in [3.05, 3.63) is 46.8 Å². The number of aromatic nitrogens is 2. The maximum absolute atomic E-state index is 11.4. The minimum Gasteiger partial charge on any atom is -0.358 e. The van der Waals surface area contributed by atoms with Crippen LogP contribution in [0, 0.1) is 10.1 Å². The van der Waals surface area contributed by atoms with Crippen LogP contribution in [0.2, 0.25) is 0 Å². The number of carbonyl (C=O) groups is 1. The highest BCUT2D eigenvalue weighted by Crippen LogP contribution is 2.20. The average molecular weight is 260 g/mol. The zero-order valence-electron chi connectivity index (χ0n) is 10.2. The summed E-state index contributed by atoms with van der Waals surface area (Å²) in [5.74, 6) is 0.458. The largest absolute Gasteiger partial charge is 0.358 e. The minimum atomic E-state index is -0.458. The summed E-state index contributed by atoms with van der Waals surface area (Å²) in [4.78, 5) is 25.6. The van der Waals surface area contributed by atoms with E-state index in [2.05, 4.69) is 10.3 Å². The summed E-state index contributed by atoms with van der Waals surface area (Å²) in [5, 5.41) is 13.1. The lowest BCUT2D eigenvalue weighted by atomic mass is 10.2. The summed E-state index contributed by atoms with van der Waals surface area (Å²) in [6, 6.07) is 6.05. The van der Waals surface area contributed by atoms with E-state index in [1.165, 1.54) is 12.1 Å². The van der Waals surface area contributed by atoms with Crippen molar-refractivity contribution in [2.24, 2.45) is 0 Å². The van der Waals surface area contributed by atoms with E-state index < -0.39 is 4.92 Å². The van der Waals surface area contributed by atoms with Gasteiger partial charge in [-0.2, -0.15) is 0 Å². The summed E-state index contributed by atoms with van der Waals surface area (Å²) >= 11 is 0. The number of nitro benzene ring substituents is 1. The van der Waals surface area contributed by atoms with E-state index in [0.29, 0.717) is 5.82 Å². The zero-order valence-corrected chi connectivity index (χ0v) is 10.2. The normalized spacial score (nSPS) is 10.2. The van der Waals surface area contributed by atoms with E-state index in [-0.39, 0.29) is 18.1 Å². The fourth-order valence-electron chi connectivity index (χ4n) is 1.66. The number of hydrogen-bond acceptors (Lipinski definition) is 4. The Labute approximate surface area is 109 Å². The highest BCUT2D eigenvalue weighted by molar-refractivity contribution is 5.76. The molecule has 0 aliphatic heterocycles. The van der Waals surface area contributed by atoms with Crippen LogP contribution in [0.25, 0.3) is 11.4 Å².